The van der Waals surface area contributed by atoms with Crippen LogP contribution < -0.4 is 10.6 Å². The van der Waals surface area contributed by atoms with Gasteiger partial charge in [-0.2, -0.15) is 0 Å². The number of aryl methyl sites for hydroxylation is 1. The monoisotopic (exact) mass is 207 g/mol. The largest absolute Gasteiger partial charge is 0.374 e. The molecule has 1 aromatic rings. The lowest BCUT2D eigenvalue weighted by atomic mass is 10.3. The molecule has 1 aliphatic heterocycles. The van der Waals surface area contributed by atoms with Gasteiger partial charge in [0.05, 0.1) is 12.7 Å². The van der Waals surface area contributed by atoms with E-state index in [0.29, 0.717) is 0 Å². The van der Waals surface area contributed by atoms with Crippen molar-refractivity contribution in [2.24, 2.45) is 0 Å². The van der Waals surface area contributed by atoms with Gasteiger partial charge in [0.25, 0.3) is 0 Å². The second kappa shape index (κ2) is 5.09. The predicted molar refractivity (Wildman–Crippen MR) is 60.1 cm³/mol. The first-order chi connectivity index (χ1) is 7.34. The minimum absolute atomic E-state index is 0.251. The summed E-state index contributed by atoms with van der Waals surface area (Å²) in [6.07, 6.45) is 0.251. The maximum atomic E-state index is 5.58. The molecule has 0 bridgehead atoms. The standard InChI is InChI=1S/C11H17N3O/c1-9-3-2-4-11(14-9)13-8-10-7-12-5-6-15-10/h2-4,10,12H,5-8H2,1H3,(H,13,14). The molecule has 2 N–H and O–H groups in total. The van der Waals surface area contributed by atoms with Gasteiger partial charge in [0, 0.05) is 25.3 Å². The molecule has 2 heterocycles. The summed E-state index contributed by atoms with van der Waals surface area (Å²) in [6.45, 7) is 5.47. The second-order valence-corrected chi connectivity index (χ2v) is 3.74. The van der Waals surface area contributed by atoms with Gasteiger partial charge < -0.3 is 15.4 Å². The van der Waals surface area contributed by atoms with E-state index >= 15 is 0 Å². The number of anilines is 1. The van der Waals surface area contributed by atoms with Crippen molar-refractivity contribution in [3.8, 4) is 0 Å². The molecule has 0 aliphatic carbocycles. The fourth-order valence-corrected chi connectivity index (χ4v) is 1.61. The summed E-state index contributed by atoms with van der Waals surface area (Å²) in [5, 5.41) is 6.58. The molecule has 1 saturated heterocycles. The lowest BCUT2D eigenvalue weighted by molar-refractivity contribution is 0.0372. The van der Waals surface area contributed by atoms with Gasteiger partial charge in [0.15, 0.2) is 0 Å². The summed E-state index contributed by atoms with van der Waals surface area (Å²) in [7, 11) is 0. The number of nitrogens with zero attached hydrogens (tertiary/aromatic N) is 1. The molecule has 0 aromatic carbocycles. The average molecular weight is 207 g/mol. The lowest BCUT2D eigenvalue weighted by Gasteiger charge is -2.23. The Morgan fingerprint density at radius 3 is 3.27 bits per heavy atom. The van der Waals surface area contributed by atoms with E-state index in [9.17, 15) is 0 Å². The van der Waals surface area contributed by atoms with Crippen LogP contribution in [-0.2, 0) is 4.74 Å². The molecule has 1 atom stereocenters. The lowest BCUT2D eigenvalue weighted by Crippen LogP contribution is -2.42. The number of aromatic nitrogens is 1. The zero-order chi connectivity index (χ0) is 10.5. The van der Waals surface area contributed by atoms with Crippen LogP contribution in [-0.4, -0.2) is 37.3 Å². The number of rotatable bonds is 3. The van der Waals surface area contributed by atoms with Crippen LogP contribution in [0.5, 0.6) is 0 Å². The third kappa shape index (κ3) is 3.18. The third-order valence-corrected chi connectivity index (χ3v) is 2.40. The molecular formula is C11H17N3O. The van der Waals surface area contributed by atoms with Gasteiger partial charge in [0.1, 0.15) is 5.82 Å². The number of pyridine rings is 1. The molecule has 1 unspecified atom stereocenters. The minimum atomic E-state index is 0.251. The highest BCUT2D eigenvalue weighted by atomic mass is 16.5. The van der Waals surface area contributed by atoms with Gasteiger partial charge in [-0.15, -0.1) is 0 Å². The highest BCUT2D eigenvalue weighted by Crippen LogP contribution is 2.05. The number of hydrogen-bond acceptors (Lipinski definition) is 4. The van der Waals surface area contributed by atoms with Crippen LogP contribution >= 0.6 is 0 Å². The summed E-state index contributed by atoms with van der Waals surface area (Å²) in [4.78, 5) is 4.37. The van der Waals surface area contributed by atoms with Crippen LogP contribution in [0.25, 0.3) is 0 Å². The fourth-order valence-electron chi connectivity index (χ4n) is 1.61. The normalized spacial score (nSPS) is 21.3. The van der Waals surface area contributed by atoms with Gasteiger partial charge >= 0.3 is 0 Å². The highest BCUT2D eigenvalue weighted by molar-refractivity contribution is 5.35. The maximum Gasteiger partial charge on any atom is 0.126 e. The average Bonchev–Trinajstić information content (AvgIpc) is 2.28. The smallest absolute Gasteiger partial charge is 0.126 e. The molecule has 1 aliphatic rings. The molecule has 2 rings (SSSR count). The summed E-state index contributed by atoms with van der Waals surface area (Å²) in [5.74, 6) is 0.921. The van der Waals surface area contributed by atoms with Gasteiger partial charge in [-0.05, 0) is 19.1 Å². The quantitative estimate of drug-likeness (QED) is 0.769. The Kier molecular flexibility index (Phi) is 3.53. The van der Waals surface area contributed by atoms with Crippen LogP contribution in [0.15, 0.2) is 18.2 Å². The maximum absolute atomic E-state index is 5.58. The van der Waals surface area contributed by atoms with Crippen molar-refractivity contribution in [3.63, 3.8) is 0 Å². The van der Waals surface area contributed by atoms with Crippen molar-refractivity contribution in [3.05, 3.63) is 23.9 Å². The van der Waals surface area contributed by atoms with E-state index < -0.39 is 0 Å². The molecule has 0 radical (unpaired) electrons. The van der Waals surface area contributed by atoms with E-state index in [4.69, 9.17) is 4.74 Å². The molecule has 1 aromatic heterocycles. The molecule has 1 fully saturated rings. The Morgan fingerprint density at radius 2 is 2.53 bits per heavy atom. The molecule has 0 saturated carbocycles. The molecule has 4 heteroatoms. The van der Waals surface area contributed by atoms with Crippen molar-refractivity contribution in [2.75, 3.05) is 31.6 Å². The van der Waals surface area contributed by atoms with E-state index in [1.54, 1.807) is 0 Å². The molecule has 15 heavy (non-hydrogen) atoms. The Labute approximate surface area is 90.0 Å². The van der Waals surface area contributed by atoms with Crippen molar-refractivity contribution in [1.29, 1.82) is 0 Å². The van der Waals surface area contributed by atoms with Gasteiger partial charge in [-0.25, -0.2) is 4.98 Å². The van der Waals surface area contributed by atoms with Gasteiger partial charge in [0.2, 0.25) is 0 Å². The number of nitrogens with one attached hydrogen (secondary N) is 2. The summed E-state index contributed by atoms with van der Waals surface area (Å²) < 4.78 is 5.58. The van der Waals surface area contributed by atoms with Crippen molar-refractivity contribution in [2.45, 2.75) is 13.0 Å². The first-order valence-electron chi connectivity index (χ1n) is 5.34. The highest BCUT2D eigenvalue weighted by Gasteiger charge is 2.12. The zero-order valence-electron chi connectivity index (χ0n) is 8.99. The van der Waals surface area contributed by atoms with Crippen LogP contribution in [0.4, 0.5) is 5.82 Å². The van der Waals surface area contributed by atoms with E-state index in [1.165, 1.54) is 0 Å². The Balaban J connectivity index is 1.81. The minimum Gasteiger partial charge on any atom is -0.374 e. The molecular weight excluding hydrogens is 190 g/mol. The molecule has 4 nitrogen and oxygen atoms in total. The van der Waals surface area contributed by atoms with Gasteiger partial charge in [-0.3, -0.25) is 0 Å². The summed E-state index contributed by atoms with van der Waals surface area (Å²) in [6, 6.07) is 5.97. The second-order valence-electron chi connectivity index (χ2n) is 3.74. The summed E-state index contributed by atoms with van der Waals surface area (Å²) in [5.41, 5.74) is 1.03. The van der Waals surface area contributed by atoms with Crippen molar-refractivity contribution >= 4 is 5.82 Å². The molecule has 0 amide bonds. The zero-order valence-corrected chi connectivity index (χ0v) is 8.99. The summed E-state index contributed by atoms with van der Waals surface area (Å²) >= 11 is 0. The van der Waals surface area contributed by atoms with E-state index in [-0.39, 0.29) is 6.10 Å². The van der Waals surface area contributed by atoms with E-state index in [0.717, 1.165) is 37.8 Å². The molecule has 0 spiro atoms. The Hall–Kier alpha value is -1.13. The van der Waals surface area contributed by atoms with Crippen LogP contribution in [0.2, 0.25) is 0 Å². The first kappa shape index (κ1) is 10.4. The SMILES string of the molecule is Cc1cccc(NCC2CNCCO2)n1. The van der Waals surface area contributed by atoms with Crippen LogP contribution in [0.3, 0.4) is 0 Å². The van der Waals surface area contributed by atoms with Crippen molar-refractivity contribution < 1.29 is 4.74 Å². The third-order valence-electron chi connectivity index (χ3n) is 2.40. The van der Waals surface area contributed by atoms with Crippen LogP contribution in [0.1, 0.15) is 5.69 Å². The Bertz CT molecular complexity index is 310. The van der Waals surface area contributed by atoms with Gasteiger partial charge in [-0.1, -0.05) is 6.07 Å². The number of morpholine rings is 1. The van der Waals surface area contributed by atoms with Crippen molar-refractivity contribution in [1.82, 2.24) is 10.3 Å². The molecule has 82 valence electrons. The van der Waals surface area contributed by atoms with E-state index in [1.807, 2.05) is 25.1 Å². The number of ether oxygens (including phenoxy) is 1. The topological polar surface area (TPSA) is 46.2 Å². The fraction of sp³-hybridized carbons (Fsp3) is 0.545. The Morgan fingerprint density at radius 1 is 1.60 bits per heavy atom. The van der Waals surface area contributed by atoms with E-state index in [2.05, 4.69) is 15.6 Å². The van der Waals surface area contributed by atoms with Crippen LogP contribution in [0, 0.1) is 6.92 Å². The first-order valence-corrected chi connectivity index (χ1v) is 5.34. The number of hydrogen-bond donors (Lipinski definition) is 2. The predicted octanol–water partition coefficient (Wildman–Crippen LogP) is 0.790.